The van der Waals surface area contributed by atoms with Crippen molar-refractivity contribution in [3.8, 4) is 0 Å². The van der Waals surface area contributed by atoms with E-state index in [9.17, 15) is 4.79 Å². The minimum atomic E-state index is 0.0685. The van der Waals surface area contributed by atoms with Gasteiger partial charge in [0.2, 0.25) is 5.91 Å². The van der Waals surface area contributed by atoms with Crippen molar-refractivity contribution in [2.45, 2.75) is 65.6 Å². The number of nitrogens with one attached hydrogen (secondary N) is 1. The van der Waals surface area contributed by atoms with Gasteiger partial charge in [0.15, 0.2) is 0 Å². The summed E-state index contributed by atoms with van der Waals surface area (Å²) in [6.07, 6.45) is 4.43. The Morgan fingerprint density at radius 1 is 1.38 bits per heavy atom. The zero-order valence-electron chi connectivity index (χ0n) is 11.1. The Bertz CT molecular complexity index is 230. The third-order valence-electron chi connectivity index (χ3n) is 3.52. The zero-order valence-corrected chi connectivity index (χ0v) is 11.1. The highest BCUT2D eigenvalue weighted by Gasteiger charge is 2.37. The van der Waals surface area contributed by atoms with Crippen LogP contribution in [0.5, 0.6) is 0 Å². The largest absolute Gasteiger partial charge is 0.326 e. The first-order chi connectivity index (χ1) is 7.63. The third-order valence-corrected chi connectivity index (χ3v) is 3.52. The van der Waals surface area contributed by atoms with Crippen LogP contribution < -0.4 is 5.32 Å². The summed E-state index contributed by atoms with van der Waals surface area (Å²) >= 11 is 0. The average Bonchev–Trinajstić information content (AvgIpc) is 2.57. The number of carbonyl (C=O) groups excluding carboxylic acids is 1. The molecule has 3 heteroatoms. The van der Waals surface area contributed by atoms with E-state index < -0.39 is 0 Å². The predicted octanol–water partition coefficient (Wildman–Crippen LogP) is 2.37. The van der Waals surface area contributed by atoms with Crippen molar-refractivity contribution in [2.24, 2.45) is 5.92 Å². The van der Waals surface area contributed by atoms with Crippen molar-refractivity contribution in [2.75, 3.05) is 6.54 Å². The van der Waals surface area contributed by atoms with Crippen LogP contribution in [-0.4, -0.2) is 29.6 Å². The van der Waals surface area contributed by atoms with Gasteiger partial charge in [0.1, 0.15) is 0 Å². The van der Waals surface area contributed by atoms with Gasteiger partial charge in [-0.25, -0.2) is 0 Å². The second-order valence-electron chi connectivity index (χ2n) is 4.94. The maximum atomic E-state index is 12.2. The molecule has 1 heterocycles. The molecule has 0 bridgehead atoms. The molecule has 0 radical (unpaired) electrons. The first-order valence-corrected chi connectivity index (χ1v) is 6.70. The van der Waals surface area contributed by atoms with Crippen molar-refractivity contribution in [3.05, 3.63) is 0 Å². The molecular formula is C13H26N2O. The van der Waals surface area contributed by atoms with Crippen LogP contribution in [0.2, 0.25) is 0 Å². The zero-order chi connectivity index (χ0) is 12.1. The molecule has 3 unspecified atom stereocenters. The maximum Gasteiger partial charge on any atom is 0.241 e. The molecule has 0 aromatic rings. The van der Waals surface area contributed by atoms with Gasteiger partial charge in [0.25, 0.3) is 0 Å². The molecule has 1 N–H and O–H groups in total. The molecular weight excluding hydrogens is 200 g/mol. The molecule has 0 aliphatic carbocycles. The lowest BCUT2D eigenvalue weighted by Crippen LogP contribution is -2.39. The fourth-order valence-corrected chi connectivity index (χ4v) is 2.26. The Labute approximate surface area is 99.6 Å². The number of carbonyl (C=O) groups is 1. The monoisotopic (exact) mass is 226 g/mol. The summed E-state index contributed by atoms with van der Waals surface area (Å²) in [6.45, 7) is 9.58. The Hall–Kier alpha value is -0.570. The van der Waals surface area contributed by atoms with E-state index in [0.717, 1.165) is 32.2 Å². The van der Waals surface area contributed by atoms with Crippen LogP contribution in [0.3, 0.4) is 0 Å². The van der Waals surface area contributed by atoms with E-state index in [-0.39, 0.29) is 12.2 Å². The predicted molar refractivity (Wildman–Crippen MR) is 67.1 cm³/mol. The average molecular weight is 226 g/mol. The Morgan fingerprint density at radius 3 is 2.56 bits per heavy atom. The second-order valence-corrected chi connectivity index (χ2v) is 4.94. The van der Waals surface area contributed by atoms with E-state index in [1.165, 1.54) is 0 Å². The van der Waals surface area contributed by atoms with Crippen molar-refractivity contribution >= 4 is 5.91 Å². The molecule has 3 nitrogen and oxygen atoms in total. The topological polar surface area (TPSA) is 32.3 Å². The van der Waals surface area contributed by atoms with Gasteiger partial charge in [-0.3, -0.25) is 10.1 Å². The Morgan fingerprint density at radius 2 is 2.06 bits per heavy atom. The molecule has 1 aliphatic heterocycles. The van der Waals surface area contributed by atoms with E-state index >= 15 is 0 Å². The van der Waals surface area contributed by atoms with Gasteiger partial charge < -0.3 is 4.90 Å². The molecule has 1 saturated heterocycles. The minimum Gasteiger partial charge on any atom is -0.326 e. The number of amides is 1. The van der Waals surface area contributed by atoms with Crippen LogP contribution in [0.15, 0.2) is 0 Å². The lowest BCUT2D eigenvalue weighted by Gasteiger charge is -2.25. The first-order valence-electron chi connectivity index (χ1n) is 6.70. The second kappa shape index (κ2) is 6.24. The van der Waals surface area contributed by atoms with Crippen molar-refractivity contribution in [1.82, 2.24) is 10.2 Å². The molecule has 16 heavy (non-hydrogen) atoms. The molecule has 0 saturated carbocycles. The smallest absolute Gasteiger partial charge is 0.241 e. The van der Waals surface area contributed by atoms with Crippen LogP contribution >= 0.6 is 0 Å². The van der Waals surface area contributed by atoms with Crippen molar-refractivity contribution < 1.29 is 4.79 Å². The van der Waals surface area contributed by atoms with Crippen LogP contribution in [0.25, 0.3) is 0 Å². The summed E-state index contributed by atoms with van der Waals surface area (Å²) in [7, 11) is 0. The number of hydrogen-bond acceptors (Lipinski definition) is 2. The van der Waals surface area contributed by atoms with E-state index in [1.807, 2.05) is 0 Å². The fraction of sp³-hybridized carbons (Fsp3) is 0.923. The molecule has 0 aromatic heterocycles. The SMILES string of the molecule is CCCC1NC(CC)N(CC(C)CC)C1=O. The number of hydrogen-bond donors (Lipinski definition) is 1. The Kier molecular flexibility index (Phi) is 5.26. The van der Waals surface area contributed by atoms with Crippen molar-refractivity contribution in [3.63, 3.8) is 0 Å². The highest BCUT2D eigenvalue weighted by Crippen LogP contribution is 2.19. The van der Waals surface area contributed by atoms with E-state index in [4.69, 9.17) is 0 Å². The molecule has 1 rings (SSSR count). The number of rotatable bonds is 6. The van der Waals surface area contributed by atoms with Gasteiger partial charge in [0.05, 0.1) is 12.2 Å². The molecule has 0 spiro atoms. The molecule has 1 aliphatic rings. The summed E-state index contributed by atoms with van der Waals surface area (Å²) in [5, 5.41) is 3.45. The van der Waals surface area contributed by atoms with Gasteiger partial charge in [-0.2, -0.15) is 0 Å². The molecule has 1 fully saturated rings. The van der Waals surface area contributed by atoms with Gasteiger partial charge in [-0.1, -0.05) is 40.5 Å². The van der Waals surface area contributed by atoms with Crippen LogP contribution in [0.1, 0.15) is 53.4 Å². The Balaban J connectivity index is 2.62. The first kappa shape index (κ1) is 13.5. The van der Waals surface area contributed by atoms with E-state index in [1.54, 1.807) is 0 Å². The maximum absolute atomic E-state index is 12.2. The molecule has 3 atom stereocenters. The quantitative estimate of drug-likeness (QED) is 0.754. The normalized spacial score (nSPS) is 27.5. The van der Waals surface area contributed by atoms with E-state index in [0.29, 0.717) is 11.8 Å². The van der Waals surface area contributed by atoms with Crippen molar-refractivity contribution in [1.29, 1.82) is 0 Å². The number of nitrogens with zero attached hydrogens (tertiary/aromatic N) is 1. The minimum absolute atomic E-state index is 0.0685. The summed E-state index contributed by atoms with van der Waals surface area (Å²) in [4.78, 5) is 14.2. The molecule has 0 aromatic carbocycles. The summed E-state index contributed by atoms with van der Waals surface area (Å²) in [5.41, 5.74) is 0. The van der Waals surface area contributed by atoms with Gasteiger partial charge in [0, 0.05) is 6.54 Å². The highest BCUT2D eigenvalue weighted by molar-refractivity contribution is 5.84. The molecule has 1 amide bonds. The third kappa shape index (κ3) is 2.97. The summed E-state index contributed by atoms with van der Waals surface area (Å²) < 4.78 is 0. The highest BCUT2D eigenvalue weighted by atomic mass is 16.2. The fourth-order valence-electron chi connectivity index (χ4n) is 2.26. The lowest BCUT2D eigenvalue weighted by atomic mass is 10.1. The van der Waals surface area contributed by atoms with Crippen LogP contribution in [0.4, 0.5) is 0 Å². The van der Waals surface area contributed by atoms with Gasteiger partial charge >= 0.3 is 0 Å². The van der Waals surface area contributed by atoms with E-state index in [2.05, 4.69) is 37.9 Å². The summed E-state index contributed by atoms with van der Waals surface area (Å²) in [6, 6.07) is 0.0685. The van der Waals surface area contributed by atoms with Crippen LogP contribution in [-0.2, 0) is 4.79 Å². The lowest BCUT2D eigenvalue weighted by molar-refractivity contribution is -0.130. The van der Waals surface area contributed by atoms with Gasteiger partial charge in [-0.15, -0.1) is 0 Å². The molecule has 94 valence electrons. The van der Waals surface area contributed by atoms with Crippen LogP contribution in [0, 0.1) is 5.92 Å². The van der Waals surface area contributed by atoms with Gasteiger partial charge in [-0.05, 0) is 18.8 Å². The summed E-state index contributed by atoms with van der Waals surface area (Å²) in [5.74, 6) is 0.911. The standard InChI is InChI=1S/C13H26N2O/c1-5-8-11-13(16)15(9-10(4)6-2)12(7-3)14-11/h10-12,14H,5-9H2,1-4H3.